The van der Waals surface area contributed by atoms with Crippen LogP contribution in [0.15, 0.2) is 72.8 Å². The van der Waals surface area contributed by atoms with E-state index in [0.717, 1.165) is 67.0 Å². The van der Waals surface area contributed by atoms with Crippen molar-refractivity contribution in [3.8, 4) is 0 Å². The Hall–Kier alpha value is -4.24. The summed E-state index contributed by atoms with van der Waals surface area (Å²) in [5.41, 5.74) is 21.7. The van der Waals surface area contributed by atoms with Gasteiger partial charge in [-0.3, -0.25) is 0 Å². The maximum absolute atomic E-state index is 9.10. The van der Waals surface area contributed by atoms with Gasteiger partial charge in [0.05, 0.1) is 0 Å². The highest BCUT2D eigenvalue weighted by molar-refractivity contribution is 7.00. The molecule has 0 aromatic heterocycles. The third-order valence-corrected chi connectivity index (χ3v) is 16.7. The zero-order chi connectivity index (χ0) is 45.4. The van der Waals surface area contributed by atoms with Crippen molar-refractivity contribution in [2.24, 2.45) is 0 Å². The number of hydrogen-bond donors (Lipinski definition) is 0. The highest BCUT2D eigenvalue weighted by Crippen LogP contribution is 2.54. The third kappa shape index (κ3) is 5.65. The van der Waals surface area contributed by atoms with Crippen molar-refractivity contribution in [3.63, 3.8) is 0 Å². The lowest BCUT2D eigenvalue weighted by atomic mass is 9.33. The van der Waals surface area contributed by atoms with Gasteiger partial charge in [0.25, 0.3) is 6.71 Å². The second kappa shape index (κ2) is 12.4. The monoisotopic (exact) mass is 796 g/mol. The molecular weight excluding hydrogens is 723 g/mol. The van der Waals surface area contributed by atoms with Gasteiger partial charge in [-0.25, -0.2) is 0 Å². The van der Waals surface area contributed by atoms with Crippen LogP contribution in [0.4, 0.5) is 34.1 Å². The first-order valence-electron chi connectivity index (χ1n) is 24.5. The van der Waals surface area contributed by atoms with E-state index < -0.39 is 6.85 Å². The summed E-state index contributed by atoms with van der Waals surface area (Å²) in [4.78, 5) is 4.95. The van der Waals surface area contributed by atoms with Crippen LogP contribution in [0.3, 0.4) is 0 Å². The number of fused-ring (bicyclic) bond motifs is 7. The van der Waals surface area contributed by atoms with Gasteiger partial charge in [0.15, 0.2) is 0 Å². The molecule has 10 rings (SSSR count). The minimum atomic E-state index is -2.33. The molecule has 2 nitrogen and oxygen atoms in total. The Bertz CT molecular complexity index is 2780. The Morgan fingerprint density at radius 2 is 0.867 bits per heavy atom. The molecule has 0 amide bonds. The van der Waals surface area contributed by atoms with E-state index in [4.69, 9.17) is 4.11 Å². The number of anilines is 6. The van der Waals surface area contributed by atoms with Crippen LogP contribution in [0.2, 0.25) is 0 Å². The fraction of sp³-hybridized carbons (Fsp3) is 0.474. The molecule has 0 fully saturated rings. The smallest absolute Gasteiger partial charge is 0.252 e. The van der Waals surface area contributed by atoms with Crippen LogP contribution in [0.1, 0.15) is 176 Å². The van der Waals surface area contributed by atoms with Gasteiger partial charge in [-0.2, -0.15) is 0 Å². The average Bonchev–Trinajstić information content (AvgIpc) is 3.19. The predicted molar refractivity (Wildman–Crippen MR) is 261 cm³/mol. The van der Waals surface area contributed by atoms with Gasteiger partial charge in [0.2, 0.25) is 0 Å². The first kappa shape index (κ1) is 36.4. The van der Waals surface area contributed by atoms with Crippen LogP contribution in [0, 0.1) is 20.7 Å². The summed E-state index contributed by atoms with van der Waals surface area (Å²) >= 11 is 0. The fourth-order valence-corrected chi connectivity index (χ4v) is 12.4. The Kier molecular flexibility index (Phi) is 7.56. The molecule has 60 heavy (non-hydrogen) atoms. The van der Waals surface area contributed by atoms with Crippen LogP contribution >= 0.6 is 0 Å². The van der Waals surface area contributed by atoms with Gasteiger partial charge in [0, 0.05) is 38.2 Å². The van der Waals surface area contributed by atoms with Crippen LogP contribution in [0.5, 0.6) is 0 Å². The zero-order valence-electron chi connectivity index (χ0n) is 42.1. The molecule has 0 N–H and O–H groups in total. The van der Waals surface area contributed by atoms with Gasteiger partial charge in [-0.15, -0.1) is 0 Å². The Morgan fingerprint density at radius 3 is 1.43 bits per heavy atom. The SMILES string of the molecule is [2H]C([2H])([2H])c1cc2c3c(c1)N(c1cc4c(cc1C)C(C)(C)CCC4(C)C)c1cc(C)ccc1B3c1cc3c(cc1N2c1ccc2c(c1)C(C)(C)CCC2(C)C)C(C)(C)CCC3(C)C. The molecule has 0 unspecified atom stereocenters. The molecule has 310 valence electrons. The van der Waals surface area contributed by atoms with Crippen molar-refractivity contribution in [1.82, 2.24) is 0 Å². The number of nitrogens with zero attached hydrogens (tertiary/aromatic N) is 2. The quantitative estimate of drug-likeness (QED) is 0.161. The number of benzene rings is 5. The fourth-order valence-electron chi connectivity index (χ4n) is 12.4. The maximum atomic E-state index is 9.10. The summed E-state index contributed by atoms with van der Waals surface area (Å²) in [6.07, 6.45) is 6.79. The largest absolute Gasteiger partial charge is 0.311 e. The normalized spacial score (nSPS) is 22.5. The molecule has 5 aromatic rings. The summed E-state index contributed by atoms with van der Waals surface area (Å²) in [5, 5.41) is 0. The molecule has 0 spiro atoms. The molecule has 5 aliphatic rings. The van der Waals surface area contributed by atoms with E-state index in [0.29, 0.717) is 5.56 Å². The summed E-state index contributed by atoms with van der Waals surface area (Å²) in [6, 6.07) is 28.4. The van der Waals surface area contributed by atoms with Crippen LogP contribution in [0.25, 0.3) is 0 Å². The molecule has 2 heterocycles. The first-order valence-corrected chi connectivity index (χ1v) is 23.0. The molecule has 0 saturated heterocycles. The number of aryl methyl sites for hydroxylation is 3. The molecule has 5 aromatic carbocycles. The summed E-state index contributed by atoms with van der Waals surface area (Å²) in [5.74, 6) is 0. The van der Waals surface area contributed by atoms with Crippen LogP contribution < -0.4 is 26.2 Å². The lowest BCUT2D eigenvalue weighted by molar-refractivity contribution is 0.332. The van der Waals surface area contributed by atoms with Gasteiger partial charge in [-0.1, -0.05) is 113 Å². The molecule has 3 aliphatic carbocycles. The third-order valence-electron chi connectivity index (χ3n) is 16.7. The second-order valence-corrected chi connectivity index (χ2v) is 23.8. The maximum Gasteiger partial charge on any atom is 0.252 e. The van der Waals surface area contributed by atoms with E-state index in [9.17, 15) is 0 Å². The van der Waals surface area contributed by atoms with Gasteiger partial charge >= 0.3 is 0 Å². The van der Waals surface area contributed by atoms with Crippen LogP contribution in [-0.4, -0.2) is 6.71 Å². The molecule has 0 atom stereocenters. The summed E-state index contributed by atoms with van der Waals surface area (Å²) in [6.45, 7) is 31.0. The van der Waals surface area contributed by atoms with Gasteiger partial charge in [0.1, 0.15) is 0 Å². The summed E-state index contributed by atoms with van der Waals surface area (Å²) in [7, 11) is 0. The van der Waals surface area contributed by atoms with E-state index in [-0.39, 0.29) is 39.2 Å². The standard InChI is InChI=1S/C57H69BN2/c1-34-16-19-44-47(26-34)60(46-32-42-39(29-36(46)3)53(6,7)22-24-56(42,12)13)50-28-35(2)27-49-51(50)58(44)45-31-41-43(57(14,15)25-23-55(41,10)11)33-48(45)59(49)37-17-18-38-40(30-37)54(8,9)21-20-52(38,4)5/h16-19,26-33H,20-25H2,1-15H3/i2D3. The lowest BCUT2D eigenvalue weighted by Crippen LogP contribution is -2.62. The lowest BCUT2D eigenvalue weighted by Gasteiger charge is -2.48. The second-order valence-electron chi connectivity index (χ2n) is 23.8. The Labute approximate surface area is 367 Å². The van der Waals surface area contributed by atoms with Crippen LogP contribution in [-0.2, 0) is 32.5 Å². The van der Waals surface area contributed by atoms with Gasteiger partial charge < -0.3 is 9.80 Å². The predicted octanol–water partition coefficient (Wildman–Crippen LogP) is 13.7. The highest BCUT2D eigenvalue weighted by atomic mass is 15.2. The molecule has 0 saturated carbocycles. The van der Waals surface area contributed by atoms with Crippen molar-refractivity contribution in [2.75, 3.05) is 9.80 Å². The molecular formula is C57H69BN2. The zero-order valence-corrected chi connectivity index (χ0v) is 39.1. The van der Waals surface area contributed by atoms with E-state index in [2.05, 4.69) is 167 Å². The minimum Gasteiger partial charge on any atom is -0.311 e. The van der Waals surface area contributed by atoms with Crippen molar-refractivity contribution in [1.29, 1.82) is 0 Å². The van der Waals surface area contributed by atoms with E-state index >= 15 is 0 Å². The number of hydrogen-bond acceptors (Lipinski definition) is 2. The number of rotatable bonds is 2. The summed E-state index contributed by atoms with van der Waals surface area (Å²) < 4.78 is 27.3. The highest BCUT2D eigenvalue weighted by Gasteiger charge is 2.48. The topological polar surface area (TPSA) is 6.48 Å². The van der Waals surface area contributed by atoms with Crippen molar-refractivity contribution >= 4 is 57.2 Å². The first-order chi connectivity index (χ1) is 29.1. The molecule has 3 heteroatoms. The van der Waals surface area contributed by atoms with Crippen molar-refractivity contribution in [3.05, 3.63) is 123 Å². The van der Waals surface area contributed by atoms with E-state index in [1.54, 1.807) is 0 Å². The van der Waals surface area contributed by atoms with E-state index in [1.807, 2.05) is 12.1 Å². The van der Waals surface area contributed by atoms with E-state index in [1.165, 1.54) is 66.6 Å². The minimum absolute atomic E-state index is 0.00374. The Morgan fingerprint density at radius 1 is 0.417 bits per heavy atom. The van der Waals surface area contributed by atoms with Crippen molar-refractivity contribution < 1.29 is 4.11 Å². The average molecular weight is 796 g/mol. The molecule has 0 bridgehead atoms. The molecule has 2 aliphatic heterocycles. The van der Waals surface area contributed by atoms with Gasteiger partial charge in [-0.05, 0) is 201 Å². The molecule has 0 radical (unpaired) electrons. The Balaban J connectivity index is 1.35. The van der Waals surface area contributed by atoms with Crippen molar-refractivity contribution in [2.45, 2.75) is 175 Å².